The van der Waals surface area contributed by atoms with Crippen molar-refractivity contribution in [1.82, 2.24) is 5.43 Å². The van der Waals surface area contributed by atoms with E-state index in [9.17, 15) is 14.9 Å². The van der Waals surface area contributed by atoms with Crippen LogP contribution in [0.5, 0.6) is 0 Å². The van der Waals surface area contributed by atoms with E-state index in [2.05, 4.69) is 10.5 Å². The van der Waals surface area contributed by atoms with E-state index in [1.54, 1.807) is 30.3 Å². The summed E-state index contributed by atoms with van der Waals surface area (Å²) in [4.78, 5) is 22.8. The second kappa shape index (κ2) is 6.70. The number of carbonyl (C=O) groups excluding carboxylic acids is 1. The molecule has 6 nitrogen and oxygen atoms in total. The summed E-state index contributed by atoms with van der Waals surface area (Å²) >= 11 is 0. The van der Waals surface area contributed by atoms with Gasteiger partial charge in [-0.25, -0.2) is 5.43 Å². The number of hydrogen-bond donors (Lipinski definition) is 1. The molecule has 6 heteroatoms. The second-order valence-electron chi connectivity index (χ2n) is 5.04. The predicted molar refractivity (Wildman–Crippen MR) is 92.1 cm³/mol. The normalized spacial score (nSPS) is 10.8. The highest BCUT2D eigenvalue weighted by atomic mass is 16.6. The van der Waals surface area contributed by atoms with Crippen LogP contribution >= 0.6 is 0 Å². The zero-order valence-corrected chi connectivity index (χ0v) is 12.5. The number of benzene rings is 3. The smallest absolute Gasteiger partial charge is 0.267 e. The van der Waals surface area contributed by atoms with E-state index in [0.29, 0.717) is 11.1 Å². The zero-order chi connectivity index (χ0) is 16.9. The van der Waals surface area contributed by atoms with Crippen LogP contribution in [-0.2, 0) is 0 Å². The van der Waals surface area contributed by atoms with Crippen molar-refractivity contribution in [1.29, 1.82) is 0 Å². The highest BCUT2D eigenvalue weighted by molar-refractivity contribution is 6.07. The van der Waals surface area contributed by atoms with Crippen molar-refractivity contribution in [3.8, 4) is 0 Å². The summed E-state index contributed by atoms with van der Waals surface area (Å²) in [5.41, 5.74) is 3.16. The van der Waals surface area contributed by atoms with Crippen LogP contribution in [0.3, 0.4) is 0 Å². The second-order valence-corrected chi connectivity index (χ2v) is 5.04. The lowest BCUT2D eigenvalue weighted by atomic mass is 10.0. The third-order valence-corrected chi connectivity index (χ3v) is 3.54. The van der Waals surface area contributed by atoms with Gasteiger partial charge in [0.05, 0.1) is 16.7 Å². The van der Waals surface area contributed by atoms with Gasteiger partial charge in [-0.3, -0.25) is 14.9 Å². The first-order chi connectivity index (χ1) is 11.7. The fraction of sp³-hybridized carbons (Fsp3) is 0. The molecule has 0 bridgehead atoms. The van der Waals surface area contributed by atoms with Gasteiger partial charge in [-0.2, -0.15) is 5.10 Å². The highest BCUT2D eigenvalue weighted by Crippen LogP contribution is 2.18. The highest BCUT2D eigenvalue weighted by Gasteiger charge is 2.11. The first kappa shape index (κ1) is 15.4. The van der Waals surface area contributed by atoms with E-state index in [0.717, 1.165) is 10.8 Å². The Balaban J connectivity index is 1.82. The largest absolute Gasteiger partial charge is 0.278 e. The number of rotatable bonds is 4. The Morgan fingerprint density at radius 2 is 1.71 bits per heavy atom. The molecule has 0 spiro atoms. The Hall–Kier alpha value is -3.54. The molecule has 0 radical (unpaired) electrons. The number of hydrogen-bond acceptors (Lipinski definition) is 4. The summed E-state index contributed by atoms with van der Waals surface area (Å²) < 4.78 is 0. The van der Waals surface area contributed by atoms with Crippen LogP contribution < -0.4 is 5.43 Å². The summed E-state index contributed by atoms with van der Waals surface area (Å²) in [5.74, 6) is -0.373. The monoisotopic (exact) mass is 319 g/mol. The number of nitrogens with one attached hydrogen (secondary N) is 1. The molecule has 118 valence electrons. The van der Waals surface area contributed by atoms with Gasteiger partial charge in [0.15, 0.2) is 0 Å². The number of nitrogens with zero attached hydrogens (tertiary/aromatic N) is 2. The van der Waals surface area contributed by atoms with Crippen LogP contribution in [0.2, 0.25) is 0 Å². The quantitative estimate of drug-likeness (QED) is 0.453. The van der Waals surface area contributed by atoms with Gasteiger partial charge in [-0.15, -0.1) is 0 Å². The fourth-order valence-corrected chi connectivity index (χ4v) is 2.41. The fourth-order valence-electron chi connectivity index (χ4n) is 2.41. The van der Waals surface area contributed by atoms with Crippen molar-refractivity contribution in [2.45, 2.75) is 0 Å². The minimum absolute atomic E-state index is 0.0688. The van der Waals surface area contributed by atoms with Gasteiger partial charge in [0.2, 0.25) is 0 Å². The number of amides is 1. The Morgan fingerprint density at radius 3 is 2.54 bits per heavy atom. The van der Waals surface area contributed by atoms with Crippen molar-refractivity contribution in [3.63, 3.8) is 0 Å². The van der Waals surface area contributed by atoms with Gasteiger partial charge in [-0.1, -0.05) is 48.5 Å². The number of para-hydroxylation sites is 1. The van der Waals surface area contributed by atoms with E-state index in [1.807, 2.05) is 30.3 Å². The molecule has 0 aromatic heterocycles. The molecule has 0 atom stereocenters. The van der Waals surface area contributed by atoms with Crippen molar-refractivity contribution < 1.29 is 9.72 Å². The first-order valence-electron chi connectivity index (χ1n) is 7.21. The number of carbonyl (C=O) groups is 1. The Kier molecular flexibility index (Phi) is 4.29. The molecular weight excluding hydrogens is 306 g/mol. The van der Waals surface area contributed by atoms with Gasteiger partial charge >= 0.3 is 0 Å². The molecule has 1 N–H and O–H groups in total. The standard InChI is InChI=1S/C18H13N3O3/c22-18(16-10-5-8-13-6-1-3-9-15(13)16)20-19-12-14-7-2-4-11-17(14)21(23)24/h1-12H,(H,20,22)/b19-12+. The molecule has 3 aromatic rings. The Morgan fingerprint density at radius 1 is 1.00 bits per heavy atom. The van der Waals surface area contributed by atoms with Crippen LogP contribution in [0.25, 0.3) is 10.8 Å². The van der Waals surface area contributed by atoms with Crippen LogP contribution in [0.15, 0.2) is 71.8 Å². The van der Waals surface area contributed by atoms with Gasteiger partial charge in [0.25, 0.3) is 11.6 Å². The van der Waals surface area contributed by atoms with E-state index in [-0.39, 0.29) is 11.6 Å². The number of fused-ring (bicyclic) bond motifs is 1. The molecule has 1 amide bonds. The molecule has 0 saturated heterocycles. The van der Waals surface area contributed by atoms with Gasteiger partial charge in [-0.05, 0) is 22.9 Å². The SMILES string of the molecule is O=C(N/N=C/c1ccccc1[N+](=O)[O-])c1cccc2ccccc12. The molecule has 0 fully saturated rings. The Labute approximate surface area is 137 Å². The molecule has 3 aromatic carbocycles. The molecule has 0 aliphatic carbocycles. The number of nitro benzene ring substituents is 1. The maximum absolute atomic E-state index is 12.3. The summed E-state index contributed by atoms with van der Waals surface area (Å²) in [6.45, 7) is 0. The lowest BCUT2D eigenvalue weighted by molar-refractivity contribution is -0.385. The van der Waals surface area contributed by atoms with Crippen molar-refractivity contribution in [2.75, 3.05) is 0 Å². The van der Waals surface area contributed by atoms with Crippen LogP contribution in [0.1, 0.15) is 15.9 Å². The third-order valence-electron chi connectivity index (χ3n) is 3.54. The van der Waals surface area contributed by atoms with E-state index >= 15 is 0 Å². The summed E-state index contributed by atoms with van der Waals surface area (Å²) in [6, 6.07) is 19.1. The minimum Gasteiger partial charge on any atom is -0.267 e. The zero-order valence-electron chi connectivity index (χ0n) is 12.5. The Bertz CT molecular complexity index is 946. The average molecular weight is 319 g/mol. The first-order valence-corrected chi connectivity index (χ1v) is 7.21. The van der Waals surface area contributed by atoms with Gasteiger partial charge in [0.1, 0.15) is 0 Å². The molecule has 0 heterocycles. The molecule has 24 heavy (non-hydrogen) atoms. The summed E-state index contributed by atoms with van der Waals surface area (Å²) in [6.07, 6.45) is 1.27. The molecule has 0 saturated carbocycles. The van der Waals surface area contributed by atoms with E-state index in [4.69, 9.17) is 0 Å². The lowest BCUT2D eigenvalue weighted by Crippen LogP contribution is -2.18. The van der Waals surface area contributed by atoms with Crippen LogP contribution in [0, 0.1) is 10.1 Å². The minimum atomic E-state index is -0.492. The van der Waals surface area contributed by atoms with Crippen molar-refractivity contribution in [3.05, 3.63) is 88.0 Å². The van der Waals surface area contributed by atoms with Crippen LogP contribution in [0.4, 0.5) is 5.69 Å². The number of nitro groups is 1. The molecular formula is C18H13N3O3. The van der Waals surface area contributed by atoms with E-state index < -0.39 is 4.92 Å². The molecule has 0 aliphatic heterocycles. The topological polar surface area (TPSA) is 84.6 Å². The number of hydrazone groups is 1. The average Bonchev–Trinajstić information content (AvgIpc) is 2.61. The molecule has 3 rings (SSSR count). The maximum atomic E-state index is 12.3. The summed E-state index contributed by atoms with van der Waals surface area (Å²) in [5, 5.41) is 16.6. The van der Waals surface area contributed by atoms with Crippen molar-refractivity contribution in [2.24, 2.45) is 5.10 Å². The third kappa shape index (κ3) is 3.12. The van der Waals surface area contributed by atoms with Gasteiger partial charge < -0.3 is 0 Å². The summed E-state index contributed by atoms with van der Waals surface area (Å²) in [7, 11) is 0. The molecule has 0 unspecified atom stereocenters. The molecule has 0 aliphatic rings. The van der Waals surface area contributed by atoms with Crippen molar-refractivity contribution >= 4 is 28.6 Å². The van der Waals surface area contributed by atoms with Crippen LogP contribution in [-0.4, -0.2) is 17.0 Å². The van der Waals surface area contributed by atoms with Gasteiger partial charge in [0, 0.05) is 11.6 Å². The lowest BCUT2D eigenvalue weighted by Gasteiger charge is -2.04. The maximum Gasteiger partial charge on any atom is 0.278 e. The predicted octanol–water partition coefficient (Wildman–Crippen LogP) is 3.51. The van der Waals surface area contributed by atoms with E-state index in [1.165, 1.54) is 12.3 Å².